The van der Waals surface area contributed by atoms with Crippen molar-refractivity contribution in [2.45, 2.75) is 0 Å². The van der Waals surface area contributed by atoms with Gasteiger partial charge in [0.05, 0.1) is 14.4 Å². The van der Waals surface area contributed by atoms with E-state index in [4.69, 9.17) is 0 Å². The minimum absolute atomic E-state index is 0.155. The zero-order valence-electron chi connectivity index (χ0n) is 8.34. The summed E-state index contributed by atoms with van der Waals surface area (Å²) in [6.07, 6.45) is 0. The molecule has 0 atom stereocenters. The van der Waals surface area contributed by atoms with E-state index in [1.165, 1.54) is 17.4 Å². The summed E-state index contributed by atoms with van der Waals surface area (Å²) in [6.45, 7) is 0. The van der Waals surface area contributed by atoms with Gasteiger partial charge in [0, 0.05) is 4.47 Å². The molecule has 0 aliphatic carbocycles. The first-order valence-electron chi connectivity index (χ1n) is 4.58. The van der Waals surface area contributed by atoms with Gasteiger partial charge in [-0.15, -0.1) is 11.3 Å². The van der Waals surface area contributed by atoms with Crippen molar-refractivity contribution >= 4 is 54.8 Å². The van der Waals surface area contributed by atoms with Gasteiger partial charge in [-0.25, -0.2) is 4.39 Å². The van der Waals surface area contributed by atoms with Gasteiger partial charge in [0.15, 0.2) is 0 Å². The summed E-state index contributed by atoms with van der Waals surface area (Å²) in [5.41, 5.74) is 0.155. The summed E-state index contributed by atoms with van der Waals surface area (Å²) >= 11 is 7.76. The third kappa shape index (κ3) is 2.94. The largest absolute Gasteiger partial charge is 0.318 e. The predicted octanol–water partition coefficient (Wildman–Crippen LogP) is 4.66. The van der Waals surface area contributed by atoms with Crippen LogP contribution in [0.1, 0.15) is 9.67 Å². The Morgan fingerprint density at radius 1 is 1.24 bits per heavy atom. The maximum absolute atomic E-state index is 13.5. The second kappa shape index (κ2) is 5.29. The van der Waals surface area contributed by atoms with E-state index in [-0.39, 0.29) is 11.6 Å². The van der Waals surface area contributed by atoms with Crippen molar-refractivity contribution in [3.8, 4) is 0 Å². The summed E-state index contributed by atoms with van der Waals surface area (Å²) < 4.78 is 14.9. The highest BCUT2D eigenvalue weighted by Crippen LogP contribution is 2.27. The van der Waals surface area contributed by atoms with E-state index in [1.54, 1.807) is 24.3 Å². The molecule has 88 valence electrons. The number of halogens is 3. The molecule has 0 saturated carbocycles. The second-order valence-electron chi connectivity index (χ2n) is 3.15. The Morgan fingerprint density at radius 2 is 2.00 bits per heavy atom. The number of thiophene rings is 1. The Bertz CT molecular complexity index is 550. The Balaban J connectivity index is 2.24. The van der Waals surface area contributed by atoms with Crippen LogP contribution in [0.25, 0.3) is 0 Å². The SMILES string of the molecule is O=C(Nc1c(F)cccc1Br)c1ccc(Br)s1. The Kier molecular flexibility index (Phi) is 3.96. The van der Waals surface area contributed by atoms with Gasteiger partial charge in [-0.05, 0) is 56.1 Å². The normalized spacial score (nSPS) is 10.3. The number of anilines is 1. The lowest BCUT2D eigenvalue weighted by atomic mass is 10.3. The van der Waals surface area contributed by atoms with Crippen LogP contribution < -0.4 is 5.32 Å². The highest BCUT2D eigenvalue weighted by molar-refractivity contribution is 9.11. The van der Waals surface area contributed by atoms with Gasteiger partial charge in [0.1, 0.15) is 5.82 Å². The van der Waals surface area contributed by atoms with Gasteiger partial charge < -0.3 is 5.32 Å². The quantitative estimate of drug-likeness (QED) is 0.808. The molecule has 1 heterocycles. The van der Waals surface area contributed by atoms with Crippen molar-refractivity contribution in [3.05, 3.63) is 49.3 Å². The average Bonchev–Trinajstić information content (AvgIpc) is 2.70. The van der Waals surface area contributed by atoms with Crippen molar-refractivity contribution in [2.24, 2.45) is 0 Å². The molecule has 0 aliphatic heterocycles. The fraction of sp³-hybridized carbons (Fsp3) is 0. The summed E-state index contributed by atoms with van der Waals surface area (Å²) in [4.78, 5) is 12.3. The van der Waals surface area contributed by atoms with Gasteiger partial charge in [0.2, 0.25) is 0 Å². The number of amides is 1. The number of carbonyl (C=O) groups is 1. The van der Waals surface area contributed by atoms with Crippen LogP contribution in [0, 0.1) is 5.82 Å². The summed E-state index contributed by atoms with van der Waals surface area (Å²) in [7, 11) is 0. The summed E-state index contributed by atoms with van der Waals surface area (Å²) in [6, 6.07) is 7.99. The molecule has 2 nitrogen and oxygen atoms in total. The molecule has 1 aromatic heterocycles. The van der Waals surface area contributed by atoms with Gasteiger partial charge in [-0.1, -0.05) is 6.07 Å². The first-order chi connectivity index (χ1) is 8.08. The summed E-state index contributed by atoms with van der Waals surface area (Å²) in [5.74, 6) is -0.796. The van der Waals surface area contributed by atoms with Gasteiger partial charge >= 0.3 is 0 Å². The first-order valence-corrected chi connectivity index (χ1v) is 6.99. The van der Waals surface area contributed by atoms with Crippen LogP contribution in [-0.2, 0) is 0 Å². The van der Waals surface area contributed by atoms with Crippen LogP contribution in [0.15, 0.2) is 38.6 Å². The number of benzene rings is 1. The number of hydrogen-bond acceptors (Lipinski definition) is 2. The molecular weight excluding hydrogens is 373 g/mol. The molecule has 0 spiro atoms. The van der Waals surface area contributed by atoms with E-state index in [0.29, 0.717) is 9.35 Å². The molecule has 1 aromatic carbocycles. The standard InChI is InChI=1S/C11H6Br2FNOS/c12-6-2-1-3-7(14)10(6)15-11(16)8-4-5-9(13)17-8/h1-5H,(H,15,16). The van der Waals surface area contributed by atoms with Crippen molar-refractivity contribution < 1.29 is 9.18 Å². The second-order valence-corrected chi connectivity index (χ2v) is 6.47. The van der Waals surface area contributed by atoms with Gasteiger partial charge in [-0.2, -0.15) is 0 Å². The lowest BCUT2D eigenvalue weighted by Gasteiger charge is -2.06. The Labute approximate surface area is 118 Å². The van der Waals surface area contributed by atoms with Crippen molar-refractivity contribution in [1.29, 1.82) is 0 Å². The monoisotopic (exact) mass is 377 g/mol. The minimum atomic E-state index is -0.469. The highest BCUT2D eigenvalue weighted by atomic mass is 79.9. The molecule has 0 unspecified atom stereocenters. The minimum Gasteiger partial charge on any atom is -0.318 e. The Hall–Kier alpha value is -0.720. The average molecular weight is 379 g/mol. The molecule has 2 rings (SSSR count). The van der Waals surface area contributed by atoms with E-state index < -0.39 is 5.82 Å². The first kappa shape index (κ1) is 12.7. The zero-order chi connectivity index (χ0) is 12.4. The molecule has 6 heteroatoms. The highest BCUT2D eigenvalue weighted by Gasteiger charge is 2.13. The lowest BCUT2D eigenvalue weighted by Crippen LogP contribution is -2.11. The third-order valence-corrected chi connectivity index (χ3v) is 4.28. The van der Waals surface area contributed by atoms with Crippen LogP contribution in [0.2, 0.25) is 0 Å². The number of para-hydroxylation sites is 1. The van der Waals surface area contributed by atoms with E-state index in [0.717, 1.165) is 3.79 Å². The topological polar surface area (TPSA) is 29.1 Å². The molecule has 2 aromatic rings. The molecule has 0 bridgehead atoms. The molecule has 0 aliphatic rings. The fourth-order valence-corrected chi connectivity index (χ4v) is 2.95. The van der Waals surface area contributed by atoms with Crippen LogP contribution in [0.3, 0.4) is 0 Å². The number of hydrogen-bond donors (Lipinski definition) is 1. The number of carbonyl (C=O) groups excluding carboxylic acids is 1. The molecule has 1 amide bonds. The molecule has 0 fully saturated rings. The molecular formula is C11H6Br2FNOS. The predicted molar refractivity (Wildman–Crippen MR) is 74.1 cm³/mol. The van der Waals surface area contributed by atoms with Crippen molar-refractivity contribution in [2.75, 3.05) is 5.32 Å². The van der Waals surface area contributed by atoms with Gasteiger partial charge in [-0.3, -0.25) is 4.79 Å². The van der Waals surface area contributed by atoms with Crippen LogP contribution in [0.4, 0.5) is 10.1 Å². The molecule has 0 radical (unpaired) electrons. The van der Waals surface area contributed by atoms with Crippen LogP contribution in [-0.4, -0.2) is 5.91 Å². The number of nitrogens with one attached hydrogen (secondary N) is 1. The summed E-state index contributed by atoms with van der Waals surface area (Å²) in [5, 5.41) is 2.54. The van der Waals surface area contributed by atoms with E-state index in [1.807, 2.05) is 0 Å². The molecule has 1 N–H and O–H groups in total. The van der Waals surface area contributed by atoms with Crippen LogP contribution in [0.5, 0.6) is 0 Å². The smallest absolute Gasteiger partial charge is 0.265 e. The van der Waals surface area contributed by atoms with E-state index >= 15 is 0 Å². The Morgan fingerprint density at radius 3 is 2.59 bits per heavy atom. The maximum Gasteiger partial charge on any atom is 0.265 e. The molecule has 17 heavy (non-hydrogen) atoms. The van der Waals surface area contributed by atoms with E-state index in [9.17, 15) is 9.18 Å². The van der Waals surface area contributed by atoms with Gasteiger partial charge in [0.25, 0.3) is 5.91 Å². The van der Waals surface area contributed by atoms with Crippen molar-refractivity contribution in [3.63, 3.8) is 0 Å². The zero-order valence-corrected chi connectivity index (χ0v) is 12.3. The number of rotatable bonds is 2. The van der Waals surface area contributed by atoms with Crippen LogP contribution >= 0.6 is 43.2 Å². The molecule has 0 saturated heterocycles. The third-order valence-electron chi connectivity index (χ3n) is 2.00. The van der Waals surface area contributed by atoms with E-state index in [2.05, 4.69) is 37.2 Å². The fourth-order valence-electron chi connectivity index (χ4n) is 1.23. The lowest BCUT2D eigenvalue weighted by molar-refractivity contribution is 0.103. The maximum atomic E-state index is 13.5. The van der Waals surface area contributed by atoms with Crippen molar-refractivity contribution in [1.82, 2.24) is 0 Å².